The molecule has 0 aliphatic carbocycles. The van der Waals surface area contributed by atoms with Gasteiger partial charge in [-0.15, -0.1) is 0 Å². The van der Waals surface area contributed by atoms with Gasteiger partial charge >= 0.3 is 6.18 Å². The molecular weight excluding hydrogens is 599 g/mol. The van der Waals surface area contributed by atoms with Gasteiger partial charge in [-0.25, -0.2) is 9.97 Å². The summed E-state index contributed by atoms with van der Waals surface area (Å²) in [5, 5.41) is 3.39. The van der Waals surface area contributed by atoms with Gasteiger partial charge in [0.1, 0.15) is 23.3 Å². The van der Waals surface area contributed by atoms with Crippen LogP contribution in [0.5, 0.6) is 11.5 Å². The van der Waals surface area contributed by atoms with Crippen LogP contribution in [0.25, 0.3) is 11.0 Å². The van der Waals surface area contributed by atoms with Crippen LogP contribution in [0, 0.1) is 0 Å². The second-order valence-corrected chi connectivity index (χ2v) is 10.2. The van der Waals surface area contributed by atoms with Crippen LogP contribution in [0.15, 0.2) is 85.3 Å². The van der Waals surface area contributed by atoms with Gasteiger partial charge in [0.15, 0.2) is 5.82 Å². The van der Waals surface area contributed by atoms with Crippen LogP contribution >= 0.6 is 11.6 Å². The van der Waals surface area contributed by atoms with Crippen molar-refractivity contribution in [3.05, 3.63) is 107 Å². The summed E-state index contributed by atoms with van der Waals surface area (Å²) >= 11 is 6.41. The Morgan fingerprint density at radius 2 is 1.61 bits per heavy atom. The Kier molecular flexibility index (Phi) is 7.93. The monoisotopic (exact) mass is 621 g/mol. The average molecular weight is 622 g/mol. The largest absolute Gasteiger partial charge is 0.456 e. The summed E-state index contributed by atoms with van der Waals surface area (Å²) in [7, 11) is 0. The molecule has 9 nitrogen and oxygen atoms in total. The predicted octanol–water partition coefficient (Wildman–Crippen LogP) is 6.95. The van der Waals surface area contributed by atoms with E-state index in [2.05, 4.69) is 15.3 Å². The molecule has 3 heterocycles. The van der Waals surface area contributed by atoms with Gasteiger partial charge in [0.05, 0.1) is 47.0 Å². The van der Waals surface area contributed by atoms with Gasteiger partial charge in [-0.3, -0.25) is 14.5 Å². The molecular formula is C31H23ClF3N5O4. The zero-order valence-corrected chi connectivity index (χ0v) is 23.6. The Bertz CT molecular complexity index is 1840. The Balaban J connectivity index is 1.08. The summed E-state index contributed by atoms with van der Waals surface area (Å²) < 4.78 is 52.4. The molecule has 0 atom stereocenters. The number of amides is 2. The number of fused-ring (bicyclic) bond motifs is 2. The van der Waals surface area contributed by atoms with Gasteiger partial charge in [0.2, 0.25) is 0 Å². The Morgan fingerprint density at radius 3 is 2.34 bits per heavy atom. The van der Waals surface area contributed by atoms with Crippen LogP contribution in [0.3, 0.4) is 0 Å². The molecule has 1 N–H and O–H groups in total. The molecule has 0 fully saturated rings. The van der Waals surface area contributed by atoms with E-state index in [9.17, 15) is 22.8 Å². The third-order valence-electron chi connectivity index (χ3n) is 6.95. The van der Waals surface area contributed by atoms with Gasteiger partial charge in [0, 0.05) is 18.4 Å². The Labute approximate surface area is 253 Å². The third-order valence-corrected chi connectivity index (χ3v) is 7.24. The van der Waals surface area contributed by atoms with Crippen molar-refractivity contribution in [1.29, 1.82) is 0 Å². The van der Waals surface area contributed by atoms with Crippen LogP contribution in [-0.2, 0) is 17.5 Å². The van der Waals surface area contributed by atoms with Gasteiger partial charge < -0.3 is 19.4 Å². The maximum atomic E-state index is 13.1. The number of halogens is 4. The molecule has 1 aliphatic heterocycles. The summed E-state index contributed by atoms with van der Waals surface area (Å²) in [6.45, 7) is 1.06. The molecule has 3 aromatic carbocycles. The van der Waals surface area contributed by atoms with E-state index in [-0.39, 0.29) is 41.5 Å². The summed E-state index contributed by atoms with van der Waals surface area (Å²) in [6, 6.07) is 17.9. The van der Waals surface area contributed by atoms with Crippen molar-refractivity contribution < 1.29 is 32.2 Å². The molecule has 0 bridgehead atoms. The first-order valence-electron chi connectivity index (χ1n) is 13.4. The highest BCUT2D eigenvalue weighted by Crippen LogP contribution is 2.36. The molecule has 0 unspecified atom stereocenters. The average Bonchev–Trinajstić information content (AvgIpc) is 3.53. The van der Waals surface area contributed by atoms with Crippen LogP contribution < -0.4 is 10.1 Å². The second-order valence-electron chi connectivity index (χ2n) is 9.78. The van der Waals surface area contributed by atoms with Crippen LogP contribution in [0.1, 0.15) is 26.3 Å². The first-order valence-corrected chi connectivity index (χ1v) is 13.8. The normalized spacial score (nSPS) is 13.0. The molecule has 13 heteroatoms. The number of anilines is 2. The number of hydrogen-bond acceptors (Lipinski definition) is 7. The maximum Gasteiger partial charge on any atom is 0.416 e. The van der Waals surface area contributed by atoms with Gasteiger partial charge in [0.25, 0.3) is 11.8 Å². The highest BCUT2D eigenvalue weighted by molar-refractivity contribution is 6.32. The van der Waals surface area contributed by atoms with Crippen LogP contribution in [0.2, 0.25) is 5.02 Å². The molecule has 2 aromatic heterocycles. The summed E-state index contributed by atoms with van der Waals surface area (Å²) in [4.78, 5) is 34.9. The zero-order chi connectivity index (χ0) is 30.8. The maximum absolute atomic E-state index is 13.1. The number of nitrogens with zero attached hydrogens (tertiary/aromatic N) is 4. The molecule has 224 valence electrons. The number of carbonyl (C=O) groups is 2. The predicted molar refractivity (Wildman–Crippen MR) is 156 cm³/mol. The molecule has 0 radical (unpaired) electrons. The number of benzene rings is 3. The van der Waals surface area contributed by atoms with Crippen LogP contribution in [-0.4, -0.2) is 51.0 Å². The first-order chi connectivity index (χ1) is 21.2. The molecule has 1 aliphatic rings. The smallest absolute Gasteiger partial charge is 0.416 e. The molecule has 0 saturated heterocycles. The first kappa shape index (κ1) is 29.1. The zero-order valence-electron chi connectivity index (χ0n) is 22.8. The third kappa shape index (κ3) is 5.94. The number of hydrogen-bond donors (Lipinski definition) is 1. The lowest BCUT2D eigenvalue weighted by Gasteiger charge is -2.15. The van der Waals surface area contributed by atoms with E-state index in [1.807, 2.05) is 16.8 Å². The number of alkyl halides is 3. The van der Waals surface area contributed by atoms with E-state index >= 15 is 0 Å². The fourth-order valence-electron chi connectivity index (χ4n) is 4.83. The number of ether oxygens (including phenoxy) is 2. The lowest BCUT2D eigenvalue weighted by molar-refractivity contribution is -0.137. The second kappa shape index (κ2) is 12.0. The SMILES string of the molecule is O=C1c2ccccc2C(=O)N1CCOCCn1ccc2ncnc(Nc3ccc(Oc4cccc(C(F)(F)F)c4)c(Cl)c3)c21. The molecule has 0 saturated carbocycles. The number of nitrogens with one attached hydrogen (secondary N) is 1. The standard InChI is InChI=1S/C31H23ClF3N5O4/c32-24-17-20(8-9-26(24)44-21-5-3-4-19(16-21)31(33,34)35)38-28-27-25(36-18-37-28)10-11-39(27)12-14-43-15-13-40-29(41)22-6-1-2-7-23(22)30(40)42/h1-11,16-18H,12-15H2,(H,36,37,38). The highest BCUT2D eigenvalue weighted by atomic mass is 35.5. The van der Waals surface area contributed by atoms with Crippen molar-refractivity contribution in [2.24, 2.45) is 0 Å². The minimum absolute atomic E-state index is 0.00344. The fraction of sp³-hybridized carbons (Fsp3) is 0.161. The highest BCUT2D eigenvalue weighted by Gasteiger charge is 2.34. The van der Waals surface area contributed by atoms with E-state index in [1.165, 1.54) is 23.4 Å². The van der Waals surface area contributed by atoms with Crippen molar-refractivity contribution in [3.8, 4) is 11.5 Å². The summed E-state index contributed by atoms with van der Waals surface area (Å²) in [5.74, 6) is 0.0334. The van der Waals surface area contributed by atoms with E-state index in [0.29, 0.717) is 46.8 Å². The molecule has 6 rings (SSSR count). The fourth-order valence-corrected chi connectivity index (χ4v) is 5.05. The molecule has 44 heavy (non-hydrogen) atoms. The molecule has 0 spiro atoms. The van der Waals surface area contributed by atoms with E-state index in [0.717, 1.165) is 12.1 Å². The quantitative estimate of drug-likeness (QED) is 0.133. The summed E-state index contributed by atoms with van der Waals surface area (Å²) in [5.41, 5.74) is 1.93. The van der Waals surface area contributed by atoms with Crippen molar-refractivity contribution >= 4 is 46.0 Å². The van der Waals surface area contributed by atoms with Crippen molar-refractivity contribution in [2.75, 3.05) is 25.1 Å². The number of carbonyl (C=O) groups excluding carboxylic acids is 2. The lowest BCUT2D eigenvalue weighted by Crippen LogP contribution is -2.33. The van der Waals surface area contributed by atoms with Gasteiger partial charge in [-0.1, -0.05) is 29.8 Å². The molecule has 5 aromatic rings. The number of imide groups is 1. The van der Waals surface area contributed by atoms with E-state index < -0.39 is 11.7 Å². The summed E-state index contributed by atoms with van der Waals surface area (Å²) in [6.07, 6.45) is -1.23. The van der Waals surface area contributed by atoms with Gasteiger partial charge in [-0.05, 0) is 54.6 Å². The number of rotatable bonds is 10. The Morgan fingerprint density at radius 1 is 0.864 bits per heavy atom. The minimum Gasteiger partial charge on any atom is -0.456 e. The minimum atomic E-state index is -4.49. The lowest BCUT2D eigenvalue weighted by atomic mass is 10.1. The van der Waals surface area contributed by atoms with Gasteiger partial charge in [-0.2, -0.15) is 13.2 Å². The number of aromatic nitrogens is 3. The van der Waals surface area contributed by atoms with E-state index in [4.69, 9.17) is 21.1 Å². The van der Waals surface area contributed by atoms with Crippen LogP contribution in [0.4, 0.5) is 24.7 Å². The topological polar surface area (TPSA) is 98.6 Å². The van der Waals surface area contributed by atoms with Crippen molar-refractivity contribution in [2.45, 2.75) is 12.7 Å². The van der Waals surface area contributed by atoms with Crippen molar-refractivity contribution in [1.82, 2.24) is 19.4 Å². The molecule has 2 amide bonds. The van der Waals surface area contributed by atoms with E-state index in [1.54, 1.807) is 42.5 Å². The van der Waals surface area contributed by atoms with Crippen molar-refractivity contribution in [3.63, 3.8) is 0 Å². The Hall–Kier alpha value is -4.94.